The quantitative estimate of drug-likeness (QED) is 0.785. The average molecular weight is 252 g/mol. The van der Waals surface area contributed by atoms with Crippen LogP contribution in [-0.4, -0.2) is 22.7 Å². The van der Waals surface area contributed by atoms with Crippen LogP contribution in [0.15, 0.2) is 10.6 Å². The lowest BCUT2D eigenvalue weighted by Crippen LogP contribution is -2.04. The van der Waals surface area contributed by atoms with Crippen LogP contribution < -0.4 is 0 Å². The maximum Gasteiger partial charge on any atom is 0.360 e. The molecule has 0 aliphatic heterocycles. The van der Waals surface area contributed by atoms with Gasteiger partial charge in [-0.15, -0.1) is 11.3 Å². The summed E-state index contributed by atoms with van der Waals surface area (Å²) in [5.74, 6) is 0.0811. The standard InChI is InChI=1S/C11H12N2O3S/c1-4-15-11(14)8-5-9(16-13-8)10-6(2)12-7(3)17-10/h5H,4H2,1-3H3. The van der Waals surface area contributed by atoms with Crippen molar-refractivity contribution < 1.29 is 14.1 Å². The highest BCUT2D eigenvalue weighted by molar-refractivity contribution is 7.15. The molecule has 0 spiro atoms. The van der Waals surface area contributed by atoms with Gasteiger partial charge in [0, 0.05) is 6.07 Å². The molecule has 0 saturated heterocycles. The third kappa shape index (κ3) is 2.36. The van der Waals surface area contributed by atoms with Gasteiger partial charge in [-0.2, -0.15) is 0 Å². The number of carbonyl (C=O) groups is 1. The van der Waals surface area contributed by atoms with Crippen molar-refractivity contribution in [1.29, 1.82) is 0 Å². The van der Waals surface area contributed by atoms with Gasteiger partial charge in [0.25, 0.3) is 0 Å². The predicted octanol–water partition coefficient (Wildman–Crippen LogP) is 2.59. The van der Waals surface area contributed by atoms with E-state index in [1.807, 2.05) is 13.8 Å². The van der Waals surface area contributed by atoms with Crippen LogP contribution in [0.3, 0.4) is 0 Å². The van der Waals surface area contributed by atoms with E-state index in [-0.39, 0.29) is 5.69 Å². The minimum atomic E-state index is -0.471. The molecule has 2 rings (SSSR count). The van der Waals surface area contributed by atoms with Gasteiger partial charge in [-0.1, -0.05) is 5.16 Å². The molecular formula is C11H12N2O3S. The number of ether oxygens (including phenoxy) is 1. The second-order valence-electron chi connectivity index (χ2n) is 3.44. The molecule has 90 valence electrons. The Balaban J connectivity index is 2.30. The average Bonchev–Trinajstić information content (AvgIpc) is 2.85. The van der Waals surface area contributed by atoms with Crippen molar-refractivity contribution in [3.63, 3.8) is 0 Å². The molecule has 6 heteroatoms. The minimum Gasteiger partial charge on any atom is -0.461 e. The van der Waals surface area contributed by atoms with Gasteiger partial charge in [0.2, 0.25) is 0 Å². The SMILES string of the molecule is CCOC(=O)c1cc(-c2sc(C)nc2C)on1. The largest absolute Gasteiger partial charge is 0.461 e. The van der Waals surface area contributed by atoms with Crippen LogP contribution in [0.25, 0.3) is 10.6 Å². The van der Waals surface area contributed by atoms with Crippen LogP contribution >= 0.6 is 11.3 Å². The van der Waals surface area contributed by atoms with Crippen molar-refractivity contribution in [2.24, 2.45) is 0 Å². The van der Waals surface area contributed by atoms with Gasteiger partial charge in [-0.25, -0.2) is 9.78 Å². The molecule has 0 bridgehead atoms. The first-order valence-corrected chi connectivity index (χ1v) is 6.01. The van der Waals surface area contributed by atoms with E-state index in [1.54, 1.807) is 13.0 Å². The highest BCUT2D eigenvalue weighted by atomic mass is 32.1. The van der Waals surface area contributed by atoms with Crippen molar-refractivity contribution in [3.8, 4) is 10.6 Å². The maximum atomic E-state index is 11.4. The van der Waals surface area contributed by atoms with E-state index in [1.165, 1.54) is 11.3 Å². The Hall–Kier alpha value is -1.69. The highest BCUT2D eigenvalue weighted by Gasteiger charge is 2.17. The summed E-state index contributed by atoms with van der Waals surface area (Å²) in [6, 6.07) is 1.58. The number of hydrogen-bond donors (Lipinski definition) is 0. The van der Waals surface area contributed by atoms with Gasteiger partial charge in [0.05, 0.1) is 22.2 Å². The lowest BCUT2D eigenvalue weighted by Gasteiger charge is -1.94. The number of esters is 1. The van der Waals surface area contributed by atoms with Crippen LogP contribution in [0.4, 0.5) is 0 Å². The zero-order chi connectivity index (χ0) is 12.4. The fraction of sp³-hybridized carbons (Fsp3) is 0.364. The van der Waals surface area contributed by atoms with E-state index < -0.39 is 5.97 Å². The molecule has 2 aromatic heterocycles. The molecule has 0 amide bonds. The van der Waals surface area contributed by atoms with Crippen molar-refractivity contribution >= 4 is 17.3 Å². The number of carbonyl (C=O) groups excluding carboxylic acids is 1. The minimum absolute atomic E-state index is 0.187. The smallest absolute Gasteiger partial charge is 0.360 e. The molecule has 0 radical (unpaired) electrons. The second-order valence-corrected chi connectivity index (χ2v) is 4.65. The lowest BCUT2D eigenvalue weighted by atomic mass is 10.3. The maximum absolute atomic E-state index is 11.4. The van der Waals surface area contributed by atoms with Crippen LogP contribution in [0.5, 0.6) is 0 Å². The van der Waals surface area contributed by atoms with Gasteiger partial charge in [0.15, 0.2) is 11.5 Å². The van der Waals surface area contributed by atoms with E-state index in [2.05, 4.69) is 10.1 Å². The van der Waals surface area contributed by atoms with Crippen molar-refractivity contribution in [2.45, 2.75) is 20.8 Å². The predicted molar refractivity (Wildman–Crippen MR) is 63.0 cm³/mol. The summed E-state index contributed by atoms with van der Waals surface area (Å²) in [4.78, 5) is 16.6. The molecule has 17 heavy (non-hydrogen) atoms. The number of thiazole rings is 1. The van der Waals surface area contributed by atoms with Gasteiger partial charge >= 0.3 is 5.97 Å². The second kappa shape index (κ2) is 4.67. The number of nitrogens with zero attached hydrogens (tertiary/aromatic N) is 2. The van der Waals surface area contributed by atoms with Gasteiger partial charge in [-0.3, -0.25) is 0 Å². The Labute approximate surface area is 102 Å². The molecule has 2 heterocycles. The zero-order valence-corrected chi connectivity index (χ0v) is 10.6. The first kappa shape index (κ1) is 11.8. The Kier molecular flexibility index (Phi) is 3.23. The summed E-state index contributed by atoms with van der Waals surface area (Å²) in [6.45, 7) is 5.88. The van der Waals surface area contributed by atoms with Gasteiger partial charge < -0.3 is 9.26 Å². The van der Waals surface area contributed by atoms with Crippen molar-refractivity contribution in [3.05, 3.63) is 22.5 Å². The molecule has 0 atom stereocenters. The molecule has 0 N–H and O–H groups in total. The molecule has 5 nitrogen and oxygen atoms in total. The van der Waals surface area contributed by atoms with Gasteiger partial charge in [0.1, 0.15) is 0 Å². The van der Waals surface area contributed by atoms with E-state index in [0.29, 0.717) is 12.4 Å². The van der Waals surface area contributed by atoms with E-state index in [0.717, 1.165) is 15.6 Å². The Morgan fingerprint density at radius 2 is 2.29 bits per heavy atom. The van der Waals surface area contributed by atoms with E-state index in [9.17, 15) is 4.79 Å². The molecule has 0 saturated carbocycles. The molecule has 0 aliphatic carbocycles. The summed E-state index contributed by atoms with van der Waals surface area (Å²) in [7, 11) is 0. The number of hydrogen-bond acceptors (Lipinski definition) is 6. The van der Waals surface area contributed by atoms with E-state index in [4.69, 9.17) is 9.26 Å². The molecule has 2 aromatic rings. The zero-order valence-electron chi connectivity index (χ0n) is 9.81. The lowest BCUT2D eigenvalue weighted by molar-refractivity contribution is 0.0514. The normalized spacial score (nSPS) is 10.5. The Bertz CT molecular complexity index is 545. The number of aryl methyl sites for hydroxylation is 2. The van der Waals surface area contributed by atoms with Crippen LogP contribution in [0.1, 0.15) is 28.1 Å². The van der Waals surface area contributed by atoms with Crippen molar-refractivity contribution in [1.82, 2.24) is 10.1 Å². The third-order valence-corrected chi connectivity index (χ3v) is 3.21. The van der Waals surface area contributed by atoms with Crippen LogP contribution in [0, 0.1) is 13.8 Å². The fourth-order valence-corrected chi connectivity index (χ4v) is 2.31. The molecular weight excluding hydrogens is 240 g/mol. The molecule has 0 aliphatic rings. The first-order valence-electron chi connectivity index (χ1n) is 5.20. The molecule has 0 fully saturated rings. The first-order chi connectivity index (χ1) is 8.11. The summed E-state index contributed by atoms with van der Waals surface area (Å²) in [5, 5.41) is 4.64. The molecule has 0 unspecified atom stereocenters. The third-order valence-electron chi connectivity index (χ3n) is 2.12. The van der Waals surface area contributed by atoms with Crippen LogP contribution in [-0.2, 0) is 4.74 Å². The van der Waals surface area contributed by atoms with Crippen molar-refractivity contribution in [2.75, 3.05) is 6.61 Å². The van der Waals surface area contributed by atoms with Crippen LogP contribution in [0.2, 0.25) is 0 Å². The van der Waals surface area contributed by atoms with Gasteiger partial charge in [-0.05, 0) is 20.8 Å². The Morgan fingerprint density at radius 1 is 1.53 bits per heavy atom. The summed E-state index contributed by atoms with van der Waals surface area (Å²) >= 11 is 1.51. The molecule has 0 aromatic carbocycles. The topological polar surface area (TPSA) is 65.2 Å². The number of aromatic nitrogens is 2. The Morgan fingerprint density at radius 3 is 2.88 bits per heavy atom. The monoisotopic (exact) mass is 252 g/mol. The number of rotatable bonds is 3. The summed E-state index contributed by atoms with van der Waals surface area (Å²) in [6.07, 6.45) is 0. The summed E-state index contributed by atoms with van der Waals surface area (Å²) in [5.41, 5.74) is 1.06. The van der Waals surface area contributed by atoms with E-state index >= 15 is 0 Å². The fourth-order valence-electron chi connectivity index (χ4n) is 1.44. The highest BCUT2D eigenvalue weighted by Crippen LogP contribution is 2.30. The summed E-state index contributed by atoms with van der Waals surface area (Å²) < 4.78 is 9.97.